The minimum Gasteiger partial charge on any atom is -0.493 e. The van der Waals surface area contributed by atoms with Gasteiger partial charge in [-0.1, -0.05) is 0 Å². The summed E-state index contributed by atoms with van der Waals surface area (Å²) in [5.41, 5.74) is 0.488. The zero-order valence-electron chi connectivity index (χ0n) is 16.2. The van der Waals surface area contributed by atoms with Crippen molar-refractivity contribution in [2.75, 3.05) is 12.4 Å². The number of hydrogen-bond donors (Lipinski definition) is 1. The molecule has 0 aliphatic rings. The highest BCUT2D eigenvalue weighted by atomic mass is 19.1. The van der Waals surface area contributed by atoms with Gasteiger partial charge in [-0.15, -0.1) is 0 Å². The third-order valence-electron chi connectivity index (χ3n) is 4.34. The molecule has 0 spiro atoms. The van der Waals surface area contributed by atoms with Crippen LogP contribution in [-0.4, -0.2) is 22.9 Å². The summed E-state index contributed by atoms with van der Waals surface area (Å²) in [6.07, 6.45) is 3.29. The maximum Gasteiger partial charge on any atom is 0.276 e. The van der Waals surface area contributed by atoms with Gasteiger partial charge in [-0.2, -0.15) is 0 Å². The Labute approximate surface area is 171 Å². The Hall–Kier alpha value is -4.01. The number of carbonyl (C=O) groups is 1. The lowest BCUT2D eigenvalue weighted by atomic mass is 10.1. The number of ether oxygens (including phenoxy) is 2. The lowest BCUT2D eigenvalue weighted by Crippen LogP contribution is -2.13. The van der Waals surface area contributed by atoms with E-state index in [1.54, 1.807) is 42.7 Å². The topological polar surface area (TPSA) is 104 Å². The van der Waals surface area contributed by atoms with E-state index in [2.05, 4.69) is 10.3 Å². The summed E-state index contributed by atoms with van der Waals surface area (Å²) in [4.78, 5) is 26.8. The van der Waals surface area contributed by atoms with Crippen molar-refractivity contribution in [3.05, 3.63) is 87.5 Å². The number of pyridine rings is 1. The zero-order valence-corrected chi connectivity index (χ0v) is 16.2. The van der Waals surface area contributed by atoms with Crippen LogP contribution < -0.4 is 14.8 Å². The molecule has 2 aromatic carbocycles. The number of nitro groups is 1. The van der Waals surface area contributed by atoms with Crippen LogP contribution in [0.2, 0.25) is 0 Å². The summed E-state index contributed by atoms with van der Waals surface area (Å²) in [5.74, 6) is -0.681. The molecular weight excluding hydrogens is 393 g/mol. The number of methoxy groups -OCH3 is 1. The van der Waals surface area contributed by atoms with Gasteiger partial charge in [-0.25, -0.2) is 4.39 Å². The number of benzene rings is 2. The number of amides is 1. The summed E-state index contributed by atoms with van der Waals surface area (Å²) in [6.45, 7) is 1.54. The van der Waals surface area contributed by atoms with Gasteiger partial charge in [0, 0.05) is 35.8 Å². The van der Waals surface area contributed by atoms with Crippen LogP contribution in [-0.2, 0) is 6.61 Å². The Morgan fingerprint density at radius 3 is 2.57 bits per heavy atom. The van der Waals surface area contributed by atoms with Crippen LogP contribution in [0.3, 0.4) is 0 Å². The molecule has 0 atom stereocenters. The SMILES string of the molecule is COc1ccc(NC(=O)c2cc(F)c(C)c([N+](=O)[O-])c2)cc1OCc1ccncc1. The van der Waals surface area contributed by atoms with Crippen molar-refractivity contribution in [3.63, 3.8) is 0 Å². The maximum atomic E-state index is 14.0. The second kappa shape index (κ2) is 8.99. The van der Waals surface area contributed by atoms with Gasteiger partial charge in [0.2, 0.25) is 0 Å². The molecule has 0 radical (unpaired) electrons. The Bertz CT molecular complexity index is 1090. The molecule has 3 aromatic rings. The van der Waals surface area contributed by atoms with Crippen molar-refractivity contribution in [1.82, 2.24) is 4.98 Å². The summed E-state index contributed by atoms with van der Waals surface area (Å²) in [7, 11) is 1.49. The summed E-state index contributed by atoms with van der Waals surface area (Å²) >= 11 is 0. The second-order valence-electron chi connectivity index (χ2n) is 6.32. The van der Waals surface area contributed by atoms with Crippen LogP contribution >= 0.6 is 0 Å². The molecule has 9 heteroatoms. The number of rotatable bonds is 7. The van der Waals surface area contributed by atoms with E-state index in [0.717, 1.165) is 17.7 Å². The van der Waals surface area contributed by atoms with Crippen molar-refractivity contribution >= 4 is 17.3 Å². The molecule has 30 heavy (non-hydrogen) atoms. The third kappa shape index (κ3) is 4.69. The number of nitrogens with zero attached hydrogens (tertiary/aromatic N) is 2. The standard InChI is InChI=1S/C21H18FN3O5/c1-13-17(22)9-15(10-18(13)25(27)28)21(26)24-16-3-4-19(29-2)20(11-16)30-12-14-5-7-23-8-6-14/h3-11H,12H2,1-2H3,(H,24,26). The minimum atomic E-state index is -0.828. The third-order valence-corrected chi connectivity index (χ3v) is 4.34. The molecule has 0 unspecified atom stereocenters. The second-order valence-corrected chi connectivity index (χ2v) is 6.32. The quantitative estimate of drug-likeness (QED) is 0.460. The molecule has 154 valence electrons. The van der Waals surface area contributed by atoms with Crippen molar-refractivity contribution in [3.8, 4) is 11.5 Å². The fourth-order valence-corrected chi connectivity index (χ4v) is 2.70. The number of aromatic nitrogens is 1. The van der Waals surface area contributed by atoms with Gasteiger partial charge in [-0.3, -0.25) is 19.9 Å². The van der Waals surface area contributed by atoms with Gasteiger partial charge < -0.3 is 14.8 Å². The van der Waals surface area contributed by atoms with Gasteiger partial charge >= 0.3 is 0 Å². The van der Waals surface area contributed by atoms with E-state index < -0.39 is 22.3 Å². The predicted octanol–water partition coefficient (Wildman–Crippen LogP) is 4.28. The number of carbonyl (C=O) groups excluding carboxylic acids is 1. The molecule has 1 N–H and O–H groups in total. The van der Waals surface area contributed by atoms with Crippen molar-refractivity contribution < 1.29 is 23.6 Å². The van der Waals surface area contributed by atoms with E-state index in [1.807, 2.05) is 0 Å². The van der Waals surface area contributed by atoms with Gasteiger partial charge in [0.1, 0.15) is 12.4 Å². The summed E-state index contributed by atoms with van der Waals surface area (Å²) in [6, 6.07) is 10.3. The molecule has 0 aliphatic carbocycles. The van der Waals surface area contributed by atoms with E-state index >= 15 is 0 Å². The molecule has 0 aliphatic heterocycles. The molecule has 1 heterocycles. The van der Waals surface area contributed by atoms with E-state index in [1.165, 1.54) is 14.0 Å². The molecule has 0 bridgehead atoms. The zero-order chi connectivity index (χ0) is 21.7. The fraction of sp³-hybridized carbons (Fsp3) is 0.143. The normalized spacial score (nSPS) is 10.4. The number of nitro benzene ring substituents is 1. The molecular formula is C21H18FN3O5. The maximum absolute atomic E-state index is 14.0. The largest absolute Gasteiger partial charge is 0.493 e. The molecule has 1 amide bonds. The highest BCUT2D eigenvalue weighted by molar-refractivity contribution is 6.04. The average Bonchev–Trinajstić information content (AvgIpc) is 2.74. The Morgan fingerprint density at radius 1 is 1.17 bits per heavy atom. The van der Waals surface area contributed by atoms with Crippen LogP contribution in [0.1, 0.15) is 21.5 Å². The Balaban J connectivity index is 1.81. The summed E-state index contributed by atoms with van der Waals surface area (Å²) < 4.78 is 25.0. The van der Waals surface area contributed by atoms with Crippen molar-refractivity contribution in [1.29, 1.82) is 0 Å². The lowest BCUT2D eigenvalue weighted by molar-refractivity contribution is -0.385. The smallest absolute Gasteiger partial charge is 0.276 e. The van der Waals surface area contributed by atoms with Gasteiger partial charge in [0.15, 0.2) is 11.5 Å². The van der Waals surface area contributed by atoms with Crippen LogP contribution in [0.5, 0.6) is 11.5 Å². The predicted molar refractivity (Wildman–Crippen MR) is 107 cm³/mol. The van der Waals surface area contributed by atoms with Crippen LogP contribution in [0.25, 0.3) is 0 Å². The first-order chi connectivity index (χ1) is 14.4. The minimum absolute atomic E-state index is 0.132. The molecule has 3 rings (SSSR count). The lowest BCUT2D eigenvalue weighted by Gasteiger charge is -2.13. The number of nitrogens with one attached hydrogen (secondary N) is 1. The number of hydrogen-bond acceptors (Lipinski definition) is 6. The molecule has 0 saturated heterocycles. The molecule has 1 aromatic heterocycles. The highest BCUT2D eigenvalue weighted by Gasteiger charge is 2.20. The number of halogens is 1. The van der Waals surface area contributed by atoms with E-state index in [9.17, 15) is 19.3 Å². The highest BCUT2D eigenvalue weighted by Crippen LogP contribution is 2.31. The van der Waals surface area contributed by atoms with E-state index in [4.69, 9.17) is 9.47 Å². The monoisotopic (exact) mass is 411 g/mol. The van der Waals surface area contributed by atoms with Crippen molar-refractivity contribution in [2.24, 2.45) is 0 Å². The van der Waals surface area contributed by atoms with Crippen LogP contribution in [0, 0.1) is 22.9 Å². The Kier molecular flexibility index (Phi) is 6.21. The van der Waals surface area contributed by atoms with Crippen LogP contribution in [0.15, 0.2) is 54.9 Å². The first-order valence-electron chi connectivity index (χ1n) is 8.84. The number of anilines is 1. The molecule has 0 fully saturated rings. The summed E-state index contributed by atoms with van der Waals surface area (Å²) in [5, 5.41) is 13.7. The van der Waals surface area contributed by atoms with Gasteiger partial charge in [0.25, 0.3) is 11.6 Å². The first kappa shape index (κ1) is 20.7. The Morgan fingerprint density at radius 2 is 1.90 bits per heavy atom. The fourth-order valence-electron chi connectivity index (χ4n) is 2.70. The van der Waals surface area contributed by atoms with E-state index in [0.29, 0.717) is 17.2 Å². The molecule has 8 nitrogen and oxygen atoms in total. The average molecular weight is 411 g/mol. The van der Waals surface area contributed by atoms with Gasteiger partial charge in [0.05, 0.1) is 17.6 Å². The van der Waals surface area contributed by atoms with Crippen molar-refractivity contribution in [2.45, 2.75) is 13.5 Å². The molecule has 0 saturated carbocycles. The van der Waals surface area contributed by atoms with Gasteiger partial charge in [-0.05, 0) is 42.8 Å². The van der Waals surface area contributed by atoms with E-state index in [-0.39, 0.29) is 17.7 Å². The first-order valence-corrected chi connectivity index (χ1v) is 8.84. The van der Waals surface area contributed by atoms with Crippen LogP contribution in [0.4, 0.5) is 15.8 Å².